The van der Waals surface area contributed by atoms with E-state index in [2.05, 4.69) is 5.32 Å². The van der Waals surface area contributed by atoms with Gasteiger partial charge in [0.1, 0.15) is 0 Å². The van der Waals surface area contributed by atoms with Crippen molar-refractivity contribution in [2.45, 2.75) is 19.4 Å². The smallest absolute Gasteiger partial charge is 0.220 e. The fourth-order valence-corrected chi connectivity index (χ4v) is 2.47. The van der Waals surface area contributed by atoms with Crippen molar-refractivity contribution in [3.8, 4) is 6.07 Å². The molecule has 0 radical (unpaired) electrons. The molecule has 0 atom stereocenters. The van der Waals surface area contributed by atoms with Crippen LogP contribution in [0.2, 0.25) is 0 Å². The maximum absolute atomic E-state index is 11.8. The van der Waals surface area contributed by atoms with Crippen molar-refractivity contribution in [2.24, 2.45) is 0 Å². The van der Waals surface area contributed by atoms with E-state index in [4.69, 9.17) is 5.26 Å². The molecule has 0 saturated heterocycles. The lowest BCUT2D eigenvalue weighted by Gasteiger charge is -2.05. The Labute approximate surface area is 127 Å². The average molecular weight is 298 g/mol. The molecule has 21 heavy (non-hydrogen) atoms. The Hall–Kier alpha value is -2.45. The lowest BCUT2D eigenvalue weighted by atomic mass is 10.1. The van der Waals surface area contributed by atoms with Crippen molar-refractivity contribution in [2.75, 3.05) is 0 Å². The third-order valence-corrected chi connectivity index (χ3v) is 3.86. The van der Waals surface area contributed by atoms with E-state index in [-0.39, 0.29) is 24.5 Å². The minimum absolute atomic E-state index is 0.00137. The summed E-state index contributed by atoms with van der Waals surface area (Å²) in [5, 5.41) is 13.3. The highest BCUT2D eigenvalue weighted by atomic mass is 32.1. The molecule has 0 aliphatic rings. The van der Waals surface area contributed by atoms with Crippen LogP contribution in [-0.2, 0) is 11.3 Å². The number of nitrogens with one attached hydrogen (secondary N) is 1. The first-order valence-electron chi connectivity index (χ1n) is 6.51. The van der Waals surface area contributed by atoms with Gasteiger partial charge in [-0.2, -0.15) is 5.26 Å². The molecule has 106 valence electrons. The zero-order valence-electron chi connectivity index (χ0n) is 11.3. The van der Waals surface area contributed by atoms with Gasteiger partial charge in [0.05, 0.1) is 16.5 Å². The van der Waals surface area contributed by atoms with Crippen molar-refractivity contribution >= 4 is 23.0 Å². The van der Waals surface area contributed by atoms with Crippen LogP contribution in [0.25, 0.3) is 0 Å². The summed E-state index contributed by atoms with van der Waals surface area (Å²) in [6.07, 6.45) is 0.409. The zero-order valence-corrected chi connectivity index (χ0v) is 12.2. The molecule has 4 nitrogen and oxygen atoms in total. The van der Waals surface area contributed by atoms with Crippen molar-refractivity contribution in [1.29, 1.82) is 5.26 Å². The molecule has 0 saturated carbocycles. The Morgan fingerprint density at radius 2 is 1.90 bits per heavy atom. The molecular formula is C16H14N2O2S. The number of nitrogens with zero attached hydrogens (tertiary/aromatic N) is 1. The van der Waals surface area contributed by atoms with E-state index in [0.29, 0.717) is 17.0 Å². The Kier molecular flexibility index (Phi) is 5.24. The van der Waals surface area contributed by atoms with Crippen LogP contribution in [0.4, 0.5) is 0 Å². The third kappa shape index (κ3) is 4.55. The number of carbonyl (C=O) groups excluding carboxylic acids is 2. The van der Waals surface area contributed by atoms with Gasteiger partial charge in [0.15, 0.2) is 5.78 Å². The maximum Gasteiger partial charge on any atom is 0.220 e. The minimum Gasteiger partial charge on any atom is -0.352 e. The number of rotatable bonds is 6. The summed E-state index contributed by atoms with van der Waals surface area (Å²) in [7, 11) is 0. The highest BCUT2D eigenvalue weighted by molar-refractivity contribution is 7.12. The molecule has 2 rings (SSSR count). The fraction of sp³-hybridized carbons (Fsp3) is 0.188. The molecule has 0 aliphatic carbocycles. The van der Waals surface area contributed by atoms with Gasteiger partial charge < -0.3 is 5.32 Å². The summed E-state index contributed by atoms with van der Waals surface area (Å²) in [5.41, 5.74) is 1.51. The second kappa shape index (κ2) is 7.36. The van der Waals surface area contributed by atoms with E-state index in [1.807, 2.05) is 17.5 Å². The van der Waals surface area contributed by atoms with Gasteiger partial charge in [-0.15, -0.1) is 11.3 Å². The van der Waals surface area contributed by atoms with E-state index >= 15 is 0 Å². The van der Waals surface area contributed by atoms with E-state index in [1.54, 1.807) is 30.3 Å². The number of Topliss-reactive ketones (excluding diaryl/α,β-unsaturated/α-hetero) is 1. The standard InChI is InChI=1S/C16H14N2O2S/c17-10-12-3-5-13(6-4-12)11-18-16(20)8-7-14(19)15-2-1-9-21-15/h1-6,9H,7-8,11H2,(H,18,20). The molecule has 1 aromatic heterocycles. The number of nitriles is 1. The molecule has 2 aromatic rings. The summed E-state index contributed by atoms with van der Waals surface area (Å²) in [5.74, 6) is -0.150. The predicted molar refractivity (Wildman–Crippen MR) is 80.9 cm³/mol. The van der Waals surface area contributed by atoms with E-state index in [0.717, 1.165) is 5.56 Å². The Morgan fingerprint density at radius 3 is 2.52 bits per heavy atom. The summed E-state index contributed by atoms with van der Waals surface area (Å²) in [6.45, 7) is 0.401. The lowest BCUT2D eigenvalue weighted by molar-refractivity contribution is -0.121. The molecule has 0 aliphatic heterocycles. The quantitative estimate of drug-likeness (QED) is 0.834. The first-order valence-corrected chi connectivity index (χ1v) is 7.39. The van der Waals surface area contributed by atoms with Gasteiger partial charge in [-0.1, -0.05) is 18.2 Å². The van der Waals surface area contributed by atoms with E-state index in [1.165, 1.54) is 11.3 Å². The van der Waals surface area contributed by atoms with E-state index in [9.17, 15) is 9.59 Å². The number of thiophene rings is 1. The van der Waals surface area contributed by atoms with Crippen molar-refractivity contribution < 1.29 is 9.59 Å². The molecule has 0 spiro atoms. The van der Waals surface area contributed by atoms with Gasteiger partial charge in [0.2, 0.25) is 5.91 Å². The topological polar surface area (TPSA) is 70.0 Å². The SMILES string of the molecule is N#Cc1ccc(CNC(=O)CCC(=O)c2cccs2)cc1. The van der Waals surface area contributed by atoms with Gasteiger partial charge in [-0.05, 0) is 29.1 Å². The molecule has 0 bridgehead atoms. The van der Waals surface area contributed by atoms with Crippen LogP contribution in [0.5, 0.6) is 0 Å². The molecular weight excluding hydrogens is 284 g/mol. The first-order chi connectivity index (χ1) is 10.2. The van der Waals surface area contributed by atoms with Gasteiger partial charge >= 0.3 is 0 Å². The molecule has 1 amide bonds. The molecule has 0 unspecified atom stereocenters. The fourth-order valence-electron chi connectivity index (χ4n) is 1.77. The number of hydrogen-bond donors (Lipinski definition) is 1. The predicted octanol–water partition coefficient (Wildman–Crippen LogP) is 2.90. The maximum atomic E-state index is 11.8. The Bertz CT molecular complexity index is 655. The van der Waals surface area contributed by atoms with Crippen LogP contribution in [-0.4, -0.2) is 11.7 Å². The van der Waals surface area contributed by atoms with Crippen LogP contribution < -0.4 is 5.32 Å². The highest BCUT2D eigenvalue weighted by Gasteiger charge is 2.09. The molecule has 5 heteroatoms. The highest BCUT2D eigenvalue weighted by Crippen LogP contribution is 2.12. The van der Waals surface area contributed by atoms with Crippen LogP contribution in [0.1, 0.15) is 33.6 Å². The average Bonchev–Trinajstić information content (AvgIpc) is 3.05. The van der Waals surface area contributed by atoms with Crippen LogP contribution >= 0.6 is 11.3 Å². The van der Waals surface area contributed by atoms with Crippen LogP contribution in [0, 0.1) is 11.3 Å². The van der Waals surface area contributed by atoms with Crippen LogP contribution in [0.15, 0.2) is 41.8 Å². The van der Waals surface area contributed by atoms with E-state index < -0.39 is 0 Å². The monoisotopic (exact) mass is 298 g/mol. The number of carbonyl (C=O) groups is 2. The summed E-state index contributed by atoms with van der Waals surface area (Å²) in [6, 6.07) is 12.7. The zero-order chi connectivity index (χ0) is 15.1. The summed E-state index contributed by atoms with van der Waals surface area (Å²) >= 11 is 1.39. The number of benzene rings is 1. The second-order valence-corrected chi connectivity index (χ2v) is 5.43. The van der Waals surface area contributed by atoms with Gasteiger partial charge in [-0.3, -0.25) is 9.59 Å². The van der Waals surface area contributed by atoms with Crippen LogP contribution in [0.3, 0.4) is 0 Å². The third-order valence-electron chi connectivity index (χ3n) is 2.95. The Morgan fingerprint density at radius 1 is 1.14 bits per heavy atom. The van der Waals surface area contributed by atoms with Gasteiger partial charge in [0, 0.05) is 19.4 Å². The van der Waals surface area contributed by atoms with Crippen molar-refractivity contribution in [3.05, 3.63) is 57.8 Å². The largest absolute Gasteiger partial charge is 0.352 e. The lowest BCUT2D eigenvalue weighted by Crippen LogP contribution is -2.23. The molecule has 1 N–H and O–H groups in total. The summed E-state index contributed by atoms with van der Waals surface area (Å²) in [4.78, 5) is 24.1. The summed E-state index contributed by atoms with van der Waals surface area (Å²) < 4.78 is 0. The van der Waals surface area contributed by atoms with Crippen molar-refractivity contribution in [1.82, 2.24) is 5.32 Å². The second-order valence-electron chi connectivity index (χ2n) is 4.49. The molecule has 0 fully saturated rings. The number of amides is 1. The molecule has 1 aromatic carbocycles. The first kappa shape index (κ1) is 14.9. The molecule has 1 heterocycles. The Balaban J connectivity index is 1.74. The van der Waals surface area contributed by atoms with Gasteiger partial charge in [0.25, 0.3) is 0 Å². The minimum atomic E-state index is -0.149. The number of hydrogen-bond acceptors (Lipinski definition) is 4. The van der Waals surface area contributed by atoms with Crippen molar-refractivity contribution in [3.63, 3.8) is 0 Å². The van der Waals surface area contributed by atoms with Gasteiger partial charge in [-0.25, -0.2) is 0 Å². The normalized spacial score (nSPS) is 9.86. The number of ketones is 1.